The lowest BCUT2D eigenvalue weighted by atomic mass is 10.1. The average Bonchev–Trinajstić information content (AvgIpc) is 3.21. The molecule has 0 saturated heterocycles. The van der Waals surface area contributed by atoms with Gasteiger partial charge in [0.15, 0.2) is 6.10 Å². The molecule has 0 heterocycles. The van der Waals surface area contributed by atoms with Crippen LogP contribution >= 0.6 is 0 Å². The summed E-state index contributed by atoms with van der Waals surface area (Å²) in [6.45, 7) is 0.0622. The normalized spacial score (nSPS) is 16.1. The maximum Gasteiger partial charge on any atom is 0.347 e. The van der Waals surface area contributed by atoms with Gasteiger partial charge in [0, 0.05) is 12.5 Å². The fourth-order valence-corrected chi connectivity index (χ4v) is 1.93. The zero-order valence-electron chi connectivity index (χ0n) is 10.5. The highest BCUT2D eigenvalue weighted by molar-refractivity contribution is 5.75. The quantitative estimate of drug-likeness (QED) is 0.778. The molecule has 98 valence electrons. The van der Waals surface area contributed by atoms with E-state index in [9.17, 15) is 4.79 Å². The molecule has 1 aliphatic rings. The van der Waals surface area contributed by atoms with Crippen molar-refractivity contribution in [1.82, 2.24) is 0 Å². The summed E-state index contributed by atoms with van der Waals surface area (Å²) in [6.07, 6.45) is 2.01. The summed E-state index contributed by atoms with van der Waals surface area (Å²) < 4.78 is 10.6. The number of aliphatic hydroxyl groups excluding tert-OH is 1. The Bertz CT molecular complexity index is 412. The Balaban J connectivity index is 2.13. The zero-order chi connectivity index (χ0) is 13.0. The van der Waals surface area contributed by atoms with E-state index in [0.717, 1.165) is 18.4 Å². The number of hydrogen-bond acceptors (Lipinski definition) is 4. The van der Waals surface area contributed by atoms with Gasteiger partial charge in [-0.15, -0.1) is 0 Å². The molecule has 1 unspecified atom stereocenters. The average molecular weight is 250 g/mol. The Labute approximate surface area is 107 Å². The van der Waals surface area contributed by atoms with Gasteiger partial charge in [-0.05, 0) is 30.9 Å². The fourth-order valence-electron chi connectivity index (χ4n) is 1.93. The summed E-state index contributed by atoms with van der Waals surface area (Å²) in [5.74, 6) is 0.602. The van der Waals surface area contributed by atoms with E-state index in [1.165, 1.54) is 7.11 Å². The van der Waals surface area contributed by atoms with Gasteiger partial charge in [-0.3, -0.25) is 0 Å². The maximum atomic E-state index is 11.7. The molecule has 0 amide bonds. The van der Waals surface area contributed by atoms with Crippen molar-refractivity contribution in [1.29, 1.82) is 0 Å². The molecule has 1 atom stereocenters. The van der Waals surface area contributed by atoms with Crippen molar-refractivity contribution >= 4 is 5.97 Å². The highest BCUT2D eigenvalue weighted by Crippen LogP contribution is 2.36. The SMILES string of the molecule is COC(=O)C(Oc1ccccc1CCO)C1CC1. The first-order chi connectivity index (χ1) is 8.76. The van der Waals surface area contributed by atoms with Crippen LogP contribution in [0.25, 0.3) is 0 Å². The molecular weight excluding hydrogens is 232 g/mol. The number of benzene rings is 1. The third kappa shape index (κ3) is 3.01. The van der Waals surface area contributed by atoms with Gasteiger partial charge < -0.3 is 14.6 Å². The molecule has 0 aliphatic heterocycles. The Morgan fingerprint density at radius 1 is 1.44 bits per heavy atom. The van der Waals surface area contributed by atoms with Crippen LogP contribution in [0, 0.1) is 5.92 Å². The maximum absolute atomic E-state index is 11.7. The molecule has 1 N–H and O–H groups in total. The van der Waals surface area contributed by atoms with E-state index >= 15 is 0 Å². The van der Waals surface area contributed by atoms with Gasteiger partial charge in [0.05, 0.1) is 7.11 Å². The van der Waals surface area contributed by atoms with Crippen LogP contribution < -0.4 is 4.74 Å². The predicted molar refractivity (Wildman–Crippen MR) is 66.4 cm³/mol. The minimum atomic E-state index is -0.519. The number of ether oxygens (including phenoxy) is 2. The largest absolute Gasteiger partial charge is 0.478 e. The smallest absolute Gasteiger partial charge is 0.347 e. The minimum absolute atomic E-state index is 0.0622. The van der Waals surface area contributed by atoms with E-state index in [-0.39, 0.29) is 18.5 Å². The molecule has 0 spiro atoms. The third-order valence-electron chi connectivity index (χ3n) is 3.09. The van der Waals surface area contributed by atoms with Gasteiger partial charge in [-0.25, -0.2) is 4.79 Å². The summed E-state index contributed by atoms with van der Waals surface area (Å²) >= 11 is 0. The van der Waals surface area contributed by atoms with E-state index < -0.39 is 6.10 Å². The number of aliphatic hydroxyl groups is 1. The van der Waals surface area contributed by atoms with Crippen molar-refractivity contribution in [3.63, 3.8) is 0 Å². The molecule has 1 fully saturated rings. The molecule has 1 aliphatic carbocycles. The topological polar surface area (TPSA) is 55.8 Å². The first-order valence-electron chi connectivity index (χ1n) is 6.19. The van der Waals surface area contributed by atoms with Crippen LogP contribution in [0.15, 0.2) is 24.3 Å². The molecular formula is C14H18O4. The number of para-hydroxylation sites is 1. The molecule has 1 saturated carbocycles. The van der Waals surface area contributed by atoms with Crippen LogP contribution in [0.4, 0.5) is 0 Å². The van der Waals surface area contributed by atoms with E-state index in [4.69, 9.17) is 14.6 Å². The van der Waals surface area contributed by atoms with E-state index in [2.05, 4.69) is 0 Å². The van der Waals surface area contributed by atoms with Crippen molar-refractivity contribution in [2.45, 2.75) is 25.4 Å². The van der Waals surface area contributed by atoms with Crippen LogP contribution in [0.5, 0.6) is 5.75 Å². The molecule has 1 aromatic carbocycles. The number of hydrogen-bond donors (Lipinski definition) is 1. The summed E-state index contributed by atoms with van der Waals surface area (Å²) in [6, 6.07) is 7.47. The number of carbonyl (C=O) groups excluding carboxylic acids is 1. The van der Waals surface area contributed by atoms with E-state index in [1.807, 2.05) is 24.3 Å². The summed E-state index contributed by atoms with van der Waals surface area (Å²) in [7, 11) is 1.38. The standard InChI is InChI=1S/C14H18O4/c1-17-14(16)13(11-6-7-11)18-12-5-3-2-4-10(12)8-9-15/h2-5,11,13,15H,6-9H2,1H3. The van der Waals surface area contributed by atoms with E-state index in [0.29, 0.717) is 12.2 Å². The predicted octanol–water partition coefficient (Wildman–Crippen LogP) is 1.55. The monoisotopic (exact) mass is 250 g/mol. The van der Waals surface area contributed by atoms with Gasteiger partial charge in [-0.1, -0.05) is 18.2 Å². The second kappa shape index (κ2) is 5.87. The number of methoxy groups -OCH3 is 1. The minimum Gasteiger partial charge on any atom is -0.478 e. The summed E-state index contributed by atoms with van der Waals surface area (Å²) in [4.78, 5) is 11.7. The lowest BCUT2D eigenvalue weighted by Gasteiger charge is -2.18. The van der Waals surface area contributed by atoms with Gasteiger partial charge >= 0.3 is 5.97 Å². The molecule has 2 rings (SSSR count). The van der Waals surface area contributed by atoms with Crippen molar-refractivity contribution in [2.24, 2.45) is 5.92 Å². The highest BCUT2D eigenvalue weighted by atomic mass is 16.6. The summed E-state index contributed by atoms with van der Waals surface area (Å²) in [5, 5.41) is 9.01. The van der Waals surface area contributed by atoms with Crippen LogP contribution in [0.2, 0.25) is 0 Å². The lowest BCUT2D eigenvalue weighted by Crippen LogP contribution is -2.31. The Kier molecular flexibility index (Phi) is 4.20. The molecule has 0 bridgehead atoms. The lowest BCUT2D eigenvalue weighted by molar-refractivity contribution is -0.149. The molecule has 0 radical (unpaired) electrons. The van der Waals surface area contributed by atoms with Crippen molar-refractivity contribution in [3.8, 4) is 5.75 Å². The molecule has 18 heavy (non-hydrogen) atoms. The second-order valence-corrected chi connectivity index (χ2v) is 4.48. The van der Waals surface area contributed by atoms with Gasteiger partial charge in [0.2, 0.25) is 0 Å². The fraction of sp³-hybridized carbons (Fsp3) is 0.500. The first-order valence-corrected chi connectivity index (χ1v) is 6.19. The van der Waals surface area contributed by atoms with Gasteiger partial charge in [-0.2, -0.15) is 0 Å². The van der Waals surface area contributed by atoms with E-state index in [1.54, 1.807) is 0 Å². The number of esters is 1. The van der Waals surface area contributed by atoms with Crippen LogP contribution in [-0.2, 0) is 16.0 Å². The highest BCUT2D eigenvalue weighted by Gasteiger charge is 2.39. The van der Waals surface area contributed by atoms with Crippen LogP contribution in [0.1, 0.15) is 18.4 Å². The van der Waals surface area contributed by atoms with Crippen LogP contribution in [0.3, 0.4) is 0 Å². The molecule has 0 aromatic heterocycles. The Hall–Kier alpha value is -1.55. The molecule has 4 heteroatoms. The van der Waals surface area contributed by atoms with Gasteiger partial charge in [0.1, 0.15) is 5.75 Å². The first kappa shape index (κ1) is 12.9. The Morgan fingerprint density at radius 3 is 2.78 bits per heavy atom. The number of carbonyl (C=O) groups is 1. The zero-order valence-corrected chi connectivity index (χ0v) is 10.5. The third-order valence-corrected chi connectivity index (χ3v) is 3.09. The van der Waals surface area contributed by atoms with Crippen molar-refractivity contribution in [3.05, 3.63) is 29.8 Å². The Morgan fingerprint density at radius 2 is 2.17 bits per heavy atom. The summed E-state index contributed by atoms with van der Waals surface area (Å²) in [5.41, 5.74) is 0.912. The number of rotatable bonds is 6. The molecule has 1 aromatic rings. The van der Waals surface area contributed by atoms with Crippen molar-refractivity contribution in [2.75, 3.05) is 13.7 Å². The van der Waals surface area contributed by atoms with Crippen molar-refractivity contribution < 1.29 is 19.4 Å². The second-order valence-electron chi connectivity index (χ2n) is 4.48. The van der Waals surface area contributed by atoms with Crippen LogP contribution in [-0.4, -0.2) is 30.9 Å². The van der Waals surface area contributed by atoms with Gasteiger partial charge in [0.25, 0.3) is 0 Å². The molecule has 4 nitrogen and oxygen atoms in total.